The van der Waals surface area contributed by atoms with Gasteiger partial charge in [0, 0.05) is 10.9 Å². The summed E-state index contributed by atoms with van der Waals surface area (Å²) in [4.78, 5) is 13.6. The van der Waals surface area contributed by atoms with Crippen molar-refractivity contribution in [2.45, 2.75) is 0 Å². The Hall–Kier alpha value is -0.700. The molecule has 0 aliphatic rings. The molecular weight excluding hydrogens is 244 g/mol. The number of fused-ring (bicyclic) bond motifs is 1. The fraction of sp³-hybridized carbons (Fsp3) is 0. The molecule has 2 aromatic rings. The molecule has 0 unspecified atom stereocenters. The minimum absolute atomic E-state index is 0.299. The van der Waals surface area contributed by atoms with Gasteiger partial charge in [0.05, 0.1) is 15.6 Å². The highest BCUT2D eigenvalue weighted by atomic mass is 35.5. The highest BCUT2D eigenvalue weighted by molar-refractivity contribution is 6.43. The molecular formula is C9H4Cl3NO. The topological polar surface area (TPSA) is 32.9 Å². The van der Waals surface area contributed by atoms with Crippen molar-refractivity contribution < 1.29 is 4.79 Å². The van der Waals surface area contributed by atoms with Crippen molar-refractivity contribution in [1.29, 1.82) is 0 Å². The van der Waals surface area contributed by atoms with E-state index in [-0.39, 0.29) is 0 Å². The van der Waals surface area contributed by atoms with Gasteiger partial charge in [0.2, 0.25) is 0 Å². The van der Waals surface area contributed by atoms with Crippen LogP contribution in [-0.2, 0) is 0 Å². The molecule has 1 aromatic heterocycles. The summed E-state index contributed by atoms with van der Waals surface area (Å²) in [7, 11) is 0. The molecule has 1 aromatic carbocycles. The fourth-order valence-corrected chi connectivity index (χ4v) is 1.87. The average Bonchev–Trinajstić information content (AvgIpc) is 2.42. The number of aromatic nitrogens is 1. The summed E-state index contributed by atoms with van der Waals surface area (Å²) in [5.74, 6) is 0. The summed E-state index contributed by atoms with van der Waals surface area (Å²) in [6.07, 6.45) is 0.686. The van der Waals surface area contributed by atoms with Gasteiger partial charge < -0.3 is 4.98 Å². The number of halogens is 3. The van der Waals surface area contributed by atoms with Gasteiger partial charge in [0.15, 0.2) is 6.29 Å². The maximum absolute atomic E-state index is 10.7. The number of H-pyrrole nitrogens is 1. The molecule has 1 N–H and O–H groups in total. The Kier molecular flexibility index (Phi) is 2.43. The number of aldehydes is 1. The van der Waals surface area contributed by atoms with Crippen molar-refractivity contribution in [3.63, 3.8) is 0 Å². The molecule has 0 saturated carbocycles. The van der Waals surface area contributed by atoms with Crippen molar-refractivity contribution in [1.82, 2.24) is 4.98 Å². The number of hydrogen-bond donors (Lipinski definition) is 1. The van der Waals surface area contributed by atoms with Crippen molar-refractivity contribution >= 4 is 52.0 Å². The van der Waals surface area contributed by atoms with Gasteiger partial charge >= 0.3 is 0 Å². The van der Waals surface area contributed by atoms with Crippen LogP contribution in [0.3, 0.4) is 0 Å². The lowest BCUT2D eigenvalue weighted by Gasteiger charge is -1.95. The zero-order valence-electron chi connectivity index (χ0n) is 6.77. The van der Waals surface area contributed by atoms with Crippen LogP contribution in [-0.4, -0.2) is 11.3 Å². The molecule has 0 bridgehead atoms. The van der Waals surface area contributed by atoms with E-state index >= 15 is 0 Å². The van der Waals surface area contributed by atoms with E-state index in [1.807, 2.05) is 0 Å². The van der Waals surface area contributed by atoms with Crippen LogP contribution in [0, 0.1) is 0 Å². The molecule has 1 heterocycles. The third kappa shape index (κ3) is 1.40. The quantitative estimate of drug-likeness (QED) is 0.762. The van der Waals surface area contributed by atoms with Gasteiger partial charge in [-0.1, -0.05) is 34.8 Å². The monoisotopic (exact) mass is 247 g/mol. The summed E-state index contributed by atoms with van der Waals surface area (Å²) < 4.78 is 0. The molecule has 5 heteroatoms. The van der Waals surface area contributed by atoms with Crippen molar-refractivity contribution in [2.24, 2.45) is 0 Å². The highest BCUT2D eigenvalue weighted by Gasteiger charge is 2.11. The molecule has 0 amide bonds. The SMILES string of the molecule is O=Cc1c(Cl)[nH]c2cc(Cl)c(Cl)cc12. The zero-order chi connectivity index (χ0) is 10.3. The molecule has 0 spiro atoms. The number of rotatable bonds is 1. The molecule has 14 heavy (non-hydrogen) atoms. The van der Waals surface area contributed by atoms with Crippen LogP contribution in [0.2, 0.25) is 15.2 Å². The largest absolute Gasteiger partial charge is 0.345 e. The number of hydrogen-bond acceptors (Lipinski definition) is 1. The lowest BCUT2D eigenvalue weighted by Crippen LogP contribution is -1.76. The molecule has 2 nitrogen and oxygen atoms in total. The van der Waals surface area contributed by atoms with Crippen molar-refractivity contribution in [3.8, 4) is 0 Å². The van der Waals surface area contributed by atoms with Gasteiger partial charge in [0.25, 0.3) is 0 Å². The molecule has 0 radical (unpaired) electrons. The van der Waals surface area contributed by atoms with Crippen LogP contribution < -0.4 is 0 Å². The molecule has 0 fully saturated rings. The molecule has 0 aliphatic carbocycles. The summed E-state index contributed by atoms with van der Waals surface area (Å²) >= 11 is 17.4. The van der Waals surface area contributed by atoms with Crippen LogP contribution in [0.1, 0.15) is 10.4 Å². The number of aromatic amines is 1. The number of carbonyl (C=O) groups excluding carboxylic acids is 1. The average molecular weight is 248 g/mol. The van der Waals surface area contributed by atoms with E-state index in [1.54, 1.807) is 12.1 Å². The highest BCUT2D eigenvalue weighted by Crippen LogP contribution is 2.31. The third-order valence-corrected chi connectivity index (χ3v) is 2.97. The van der Waals surface area contributed by atoms with Gasteiger partial charge in [-0.3, -0.25) is 4.79 Å². The Morgan fingerprint density at radius 1 is 1.14 bits per heavy atom. The molecule has 0 atom stereocenters. The fourth-order valence-electron chi connectivity index (χ4n) is 1.29. The summed E-state index contributed by atoms with van der Waals surface area (Å²) in [5.41, 5.74) is 1.10. The second kappa shape index (κ2) is 3.46. The van der Waals surface area contributed by atoms with Gasteiger partial charge in [-0.15, -0.1) is 0 Å². The van der Waals surface area contributed by atoms with E-state index in [0.29, 0.717) is 38.0 Å². The second-order valence-electron chi connectivity index (χ2n) is 2.78. The summed E-state index contributed by atoms with van der Waals surface area (Å²) in [6.45, 7) is 0. The van der Waals surface area contributed by atoms with Crippen molar-refractivity contribution in [2.75, 3.05) is 0 Å². The first-order valence-corrected chi connectivity index (χ1v) is 4.88. The standard InChI is InChI=1S/C9H4Cl3NO/c10-6-1-4-5(3-14)9(12)13-8(4)2-7(6)11/h1-3,13H. The molecule has 0 saturated heterocycles. The number of nitrogens with one attached hydrogen (secondary N) is 1. The van der Waals surface area contributed by atoms with E-state index in [4.69, 9.17) is 34.8 Å². The first-order chi connectivity index (χ1) is 6.63. The van der Waals surface area contributed by atoms with Crippen LogP contribution in [0.4, 0.5) is 0 Å². The minimum atomic E-state index is 0.299. The Balaban J connectivity index is 2.89. The van der Waals surface area contributed by atoms with E-state index in [2.05, 4.69) is 4.98 Å². The van der Waals surface area contributed by atoms with E-state index < -0.39 is 0 Å². The van der Waals surface area contributed by atoms with Crippen LogP contribution >= 0.6 is 34.8 Å². The minimum Gasteiger partial charge on any atom is -0.345 e. The summed E-state index contributed by atoms with van der Waals surface area (Å²) in [6, 6.07) is 3.25. The Labute approximate surface area is 94.8 Å². The molecule has 2 rings (SSSR count). The maximum atomic E-state index is 10.7. The van der Waals surface area contributed by atoms with Crippen LogP contribution in [0.25, 0.3) is 10.9 Å². The number of benzene rings is 1. The zero-order valence-corrected chi connectivity index (χ0v) is 9.04. The van der Waals surface area contributed by atoms with Crippen LogP contribution in [0.15, 0.2) is 12.1 Å². The maximum Gasteiger partial charge on any atom is 0.153 e. The first kappa shape index (κ1) is 9.84. The second-order valence-corrected chi connectivity index (χ2v) is 3.97. The lowest BCUT2D eigenvalue weighted by molar-refractivity contribution is 0.112. The van der Waals surface area contributed by atoms with Gasteiger partial charge in [-0.25, -0.2) is 0 Å². The summed E-state index contributed by atoms with van der Waals surface area (Å²) in [5, 5.41) is 1.81. The Morgan fingerprint density at radius 2 is 1.79 bits per heavy atom. The van der Waals surface area contributed by atoms with E-state index in [1.165, 1.54) is 0 Å². The predicted octanol–water partition coefficient (Wildman–Crippen LogP) is 3.94. The Morgan fingerprint density at radius 3 is 2.43 bits per heavy atom. The van der Waals surface area contributed by atoms with Gasteiger partial charge in [-0.2, -0.15) is 0 Å². The smallest absolute Gasteiger partial charge is 0.153 e. The van der Waals surface area contributed by atoms with E-state index in [9.17, 15) is 4.79 Å². The van der Waals surface area contributed by atoms with Crippen molar-refractivity contribution in [3.05, 3.63) is 32.9 Å². The molecule has 72 valence electrons. The molecule has 0 aliphatic heterocycles. The lowest BCUT2D eigenvalue weighted by atomic mass is 10.2. The third-order valence-electron chi connectivity index (χ3n) is 1.95. The Bertz CT molecular complexity index is 518. The predicted molar refractivity (Wildman–Crippen MR) is 58.7 cm³/mol. The van der Waals surface area contributed by atoms with Crippen LogP contribution in [0.5, 0.6) is 0 Å². The van der Waals surface area contributed by atoms with E-state index in [0.717, 1.165) is 0 Å². The van der Waals surface area contributed by atoms with Gasteiger partial charge in [-0.05, 0) is 12.1 Å². The number of carbonyl (C=O) groups is 1. The first-order valence-electron chi connectivity index (χ1n) is 3.75. The van der Waals surface area contributed by atoms with Gasteiger partial charge in [0.1, 0.15) is 5.15 Å². The normalized spacial score (nSPS) is 10.8.